The lowest BCUT2D eigenvalue weighted by atomic mass is 9.94. The number of likely N-dealkylation sites (tertiary alicyclic amines) is 1. The van der Waals surface area contributed by atoms with Gasteiger partial charge in [0.2, 0.25) is 5.91 Å². The summed E-state index contributed by atoms with van der Waals surface area (Å²) in [6, 6.07) is 0.391. The van der Waals surface area contributed by atoms with Gasteiger partial charge in [-0.1, -0.05) is 0 Å². The number of hydrogen-bond acceptors (Lipinski definition) is 3. The molecule has 1 amide bonds. The molecule has 1 N–H and O–H groups in total. The normalized spacial score (nSPS) is 29.6. The van der Waals surface area contributed by atoms with Gasteiger partial charge in [0, 0.05) is 26.2 Å². The minimum Gasteiger partial charge on any atom is -0.379 e. The number of carbonyl (C=O) groups is 1. The van der Waals surface area contributed by atoms with E-state index in [4.69, 9.17) is 4.74 Å². The molecule has 0 bridgehead atoms. The van der Waals surface area contributed by atoms with Gasteiger partial charge in [0.25, 0.3) is 0 Å². The molecule has 2 rings (SSSR count). The smallest absolute Gasteiger partial charge is 0.227 e. The van der Waals surface area contributed by atoms with Crippen LogP contribution in [0.3, 0.4) is 0 Å². The van der Waals surface area contributed by atoms with Crippen LogP contribution in [0.15, 0.2) is 0 Å². The van der Waals surface area contributed by atoms with Gasteiger partial charge in [0.1, 0.15) is 0 Å². The van der Waals surface area contributed by atoms with Gasteiger partial charge < -0.3 is 15.0 Å². The van der Waals surface area contributed by atoms with E-state index in [1.54, 1.807) is 7.11 Å². The molecule has 0 aliphatic carbocycles. The lowest BCUT2D eigenvalue weighted by Crippen LogP contribution is -2.41. The molecule has 98 valence electrons. The third-order valence-electron chi connectivity index (χ3n) is 4.17. The van der Waals surface area contributed by atoms with Crippen LogP contribution in [0.25, 0.3) is 0 Å². The van der Waals surface area contributed by atoms with Crippen molar-refractivity contribution in [3.63, 3.8) is 0 Å². The van der Waals surface area contributed by atoms with Crippen molar-refractivity contribution in [2.45, 2.75) is 44.8 Å². The van der Waals surface area contributed by atoms with E-state index < -0.39 is 0 Å². The molecule has 0 aromatic heterocycles. The van der Waals surface area contributed by atoms with Crippen molar-refractivity contribution in [2.24, 2.45) is 5.92 Å². The molecule has 0 radical (unpaired) electrons. The molecule has 2 saturated heterocycles. The first-order valence-electron chi connectivity index (χ1n) is 6.61. The highest BCUT2D eigenvalue weighted by atomic mass is 16.5. The monoisotopic (exact) mass is 240 g/mol. The van der Waals surface area contributed by atoms with Crippen molar-refractivity contribution in [2.75, 3.05) is 26.7 Å². The van der Waals surface area contributed by atoms with Gasteiger partial charge in [-0.2, -0.15) is 0 Å². The first kappa shape index (κ1) is 12.8. The lowest BCUT2D eigenvalue weighted by molar-refractivity contribution is -0.132. The molecule has 0 aromatic carbocycles. The second-order valence-corrected chi connectivity index (χ2v) is 5.81. The third-order valence-corrected chi connectivity index (χ3v) is 4.17. The highest BCUT2D eigenvalue weighted by Gasteiger charge is 2.41. The van der Waals surface area contributed by atoms with Gasteiger partial charge in [0.05, 0.1) is 11.5 Å². The summed E-state index contributed by atoms with van der Waals surface area (Å²) in [6.07, 6.45) is 3.08. The Bertz CT molecular complexity index is 291. The Balaban J connectivity index is 1.88. The van der Waals surface area contributed by atoms with Gasteiger partial charge in [-0.25, -0.2) is 0 Å². The van der Waals surface area contributed by atoms with Crippen molar-refractivity contribution < 1.29 is 9.53 Å². The van der Waals surface area contributed by atoms with Gasteiger partial charge in [-0.3, -0.25) is 4.79 Å². The van der Waals surface area contributed by atoms with Crippen LogP contribution in [0.5, 0.6) is 0 Å². The van der Waals surface area contributed by atoms with Crippen molar-refractivity contribution >= 4 is 5.91 Å². The van der Waals surface area contributed by atoms with Crippen molar-refractivity contribution in [1.82, 2.24) is 10.2 Å². The van der Waals surface area contributed by atoms with Crippen LogP contribution in [-0.2, 0) is 9.53 Å². The molecule has 2 aliphatic heterocycles. The number of carbonyl (C=O) groups excluding carboxylic acids is 1. The quantitative estimate of drug-likeness (QED) is 0.797. The molecule has 2 fully saturated rings. The topological polar surface area (TPSA) is 41.6 Å². The Kier molecular flexibility index (Phi) is 3.73. The number of methoxy groups -OCH3 is 1. The van der Waals surface area contributed by atoms with Crippen LogP contribution in [0, 0.1) is 5.92 Å². The molecule has 0 aromatic rings. The minimum atomic E-state index is -0.137. The first-order valence-corrected chi connectivity index (χ1v) is 6.61. The summed E-state index contributed by atoms with van der Waals surface area (Å²) in [7, 11) is 1.73. The molecule has 4 heteroatoms. The highest BCUT2D eigenvalue weighted by molar-refractivity contribution is 5.82. The summed E-state index contributed by atoms with van der Waals surface area (Å²) < 4.78 is 5.40. The molecule has 17 heavy (non-hydrogen) atoms. The SMILES string of the molecule is COC(C)(C)CCN1CC2NCCCC2C1=O. The van der Waals surface area contributed by atoms with E-state index in [-0.39, 0.29) is 11.5 Å². The molecule has 0 saturated carbocycles. The van der Waals surface area contributed by atoms with Crippen LogP contribution in [-0.4, -0.2) is 49.2 Å². The Morgan fingerprint density at radius 2 is 2.29 bits per heavy atom. The van der Waals surface area contributed by atoms with Crippen molar-refractivity contribution in [3.8, 4) is 0 Å². The predicted octanol–water partition coefficient (Wildman–Crippen LogP) is 1.01. The summed E-state index contributed by atoms with van der Waals surface area (Å²) in [5.41, 5.74) is -0.137. The second-order valence-electron chi connectivity index (χ2n) is 5.81. The Hall–Kier alpha value is -0.610. The van der Waals surface area contributed by atoms with E-state index >= 15 is 0 Å². The number of nitrogens with one attached hydrogen (secondary N) is 1. The zero-order valence-electron chi connectivity index (χ0n) is 11.2. The number of piperidine rings is 1. The average molecular weight is 240 g/mol. The van der Waals surface area contributed by atoms with Gasteiger partial charge in [0.15, 0.2) is 0 Å². The molecular formula is C13H24N2O2. The third kappa shape index (κ3) is 2.80. The molecule has 0 spiro atoms. The standard InChI is InChI=1S/C13H24N2O2/c1-13(2,17-3)6-8-15-9-11-10(12(15)16)5-4-7-14-11/h10-11,14H,4-9H2,1-3H3. The van der Waals surface area contributed by atoms with Gasteiger partial charge in [-0.05, 0) is 39.7 Å². The number of nitrogens with zero attached hydrogens (tertiary/aromatic N) is 1. The zero-order chi connectivity index (χ0) is 12.5. The molecule has 2 unspecified atom stereocenters. The predicted molar refractivity (Wildman–Crippen MR) is 66.8 cm³/mol. The number of fused-ring (bicyclic) bond motifs is 1. The summed E-state index contributed by atoms with van der Waals surface area (Å²) in [5.74, 6) is 0.573. The van der Waals surface area contributed by atoms with E-state index in [0.29, 0.717) is 11.9 Å². The Morgan fingerprint density at radius 3 is 2.94 bits per heavy atom. The maximum atomic E-state index is 12.2. The number of ether oxygens (including phenoxy) is 1. The van der Waals surface area contributed by atoms with Gasteiger partial charge in [-0.15, -0.1) is 0 Å². The summed E-state index contributed by atoms with van der Waals surface area (Å²) in [6.45, 7) is 6.89. The zero-order valence-corrected chi connectivity index (χ0v) is 11.2. The molecule has 2 atom stereocenters. The van der Waals surface area contributed by atoms with Crippen molar-refractivity contribution in [3.05, 3.63) is 0 Å². The van der Waals surface area contributed by atoms with E-state index in [9.17, 15) is 4.79 Å². The first-order chi connectivity index (χ1) is 8.03. The second kappa shape index (κ2) is 4.94. The van der Waals surface area contributed by atoms with Crippen LogP contribution < -0.4 is 5.32 Å². The molecular weight excluding hydrogens is 216 g/mol. The summed E-state index contributed by atoms with van der Waals surface area (Å²) in [4.78, 5) is 14.2. The fourth-order valence-electron chi connectivity index (χ4n) is 2.71. The summed E-state index contributed by atoms with van der Waals surface area (Å²) >= 11 is 0. The highest BCUT2D eigenvalue weighted by Crippen LogP contribution is 2.27. The van der Waals surface area contributed by atoms with Crippen molar-refractivity contribution in [1.29, 1.82) is 0 Å². The largest absolute Gasteiger partial charge is 0.379 e. The average Bonchev–Trinajstić information content (AvgIpc) is 2.65. The number of hydrogen-bond donors (Lipinski definition) is 1. The molecule has 2 aliphatic rings. The lowest BCUT2D eigenvalue weighted by Gasteiger charge is -2.26. The minimum absolute atomic E-state index is 0.137. The van der Waals surface area contributed by atoms with Gasteiger partial charge >= 0.3 is 0 Å². The Labute approximate surface area is 104 Å². The fraction of sp³-hybridized carbons (Fsp3) is 0.923. The van der Waals surface area contributed by atoms with E-state index in [0.717, 1.165) is 38.9 Å². The summed E-state index contributed by atoms with van der Waals surface area (Å²) in [5, 5.41) is 3.46. The molecule has 4 nitrogen and oxygen atoms in total. The maximum absolute atomic E-state index is 12.2. The fourth-order valence-corrected chi connectivity index (χ4v) is 2.71. The molecule has 2 heterocycles. The van der Waals surface area contributed by atoms with E-state index in [2.05, 4.69) is 19.2 Å². The van der Waals surface area contributed by atoms with Crippen LogP contribution in [0.1, 0.15) is 33.1 Å². The van der Waals surface area contributed by atoms with Crippen LogP contribution in [0.4, 0.5) is 0 Å². The van der Waals surface area contributed by atoms with Crippen LogP contribution in [0.2, 0.25) is 0 Å². The van der Waals surface area contributed by atoms with E-state index in [1.165, 1.54) is 0 Å². The number of amides is 1. The maximum Gasteiger partial charge on any atom is 0.227 e. The Morgan fingerprint density at radius 1 is 1.53 bits per heavy atom. The van der Waals surface area contributed by atoms with Crippen LogP contribution >= 0.6 is 0 Å². The number of rotatable bonds is 4. The van der Waals surface area contributed by atoms with E-state index in [1.807, 2.05) is 4.90 Å².